The number of likely N-dealkylation sites (tertiary alicyclic amines) is 1. The van der Waals surface area contributed by atoms with Crippen molar-refractivity contribution in [2.75, 3.05) is 13.1 Å². The van der Waals surface area contributed by atoms with Crippen LogP contribution in [0.5, 0.6) is 0 Å². The zero-order chi connectivity index (χ0) is 16.3. The number of nitrogens with zero attached hydrogens (tertiary/aromatic N) is 1. The molecule has 6 heteroatoms. The minimum Gasteiger partial charge on any atom is -0.342 e. The summed E-state index contributed by atoms with van der Waals surface area (Å²) in [5, 5.41) is 0. The van der Waals surface area contributed by atoms with Gasteiger partial charge in [0, 0.05) is 19.1 Å². The zero-order valence-corrected chi connectivity index (χ0v) is 12.6. The van der Waals surface area contributed by atoms with E-state index in [4.69, 9.17) is 5.73 Å². The summed E-state index contributed by atoms with van der Waals surface area (Å²) in [4.78, 5) is 14.0. The van der Waals surface area contributed by atoms with Crippen LogP contribution in [-0.2, 0) is 17.4 Å². The van der Waals surface area contributed by atoms with Crippen LogP contribution < -0.4 is 5.73 Å². The molecule has 1 heterocycles. The molecular formula is C16H21F3N2O. The Balaban J connectivity index is 2.09. The van der Waals surface area contributed by atoms with Gasteiger partial charge in [0.1, 0.15) is 0 Å². The summed E-state index contributed by atoms with van der Waals surface area (Å²) < 4.78 is 38.9. The molecule has 2 rings (SSSR count). The van der Waals surface area contributed by atoms with Gasteiger partial charge in [-0.2, -0.15) is 13.2 Å². The van der Waals surface area contributed by atoms with Gasteiger partial charge in [0.25, 0.3) is 0 Å². The van der Waals surface area contributed by atoms with Crippen molar-refractivity contribution < 1.29 is 18.0 Å². The number of carbonyl (C=O) groups excluding carboxylic acids is 1. The Bertz CT molecular complexity index is 528. The minimum absolute atomic E-state index is 0.0157. The van der Waals surface area contributed by atoms with Crippen LogP contribution in [0.4, 0.5) is 13.2 Å². The minimum atomic E-state index is -4.44. The number of hydrogen-bond acceptors (Lipinski definition) is 2. The Hall–Kier alpha value is -1.56. The van der Waals surface area contributed by atoms with Gasteiger partial charge in [-0.3, -0.25) is 4.79 Å². The maximum atomic E-state index is 13.0. The van der Waals surface area contributed by atoms with Crippen molar-refractivity contribution in [3.8, 4) is 0 Å². The molecule has 1 amide bonds. The van der Waals surface area contributed by atoms with Crippen molar-refractivity contribution in [3.05, 3.63) is 35.4 Å². The largest absolute Gasteiger partial charge is 0.416 e. The van der Waals surface area contributed by atoms with Crippen LogP contribution in [0, 0.1) is 5.92 Å². The van der Waals surface area contributed by atoms with E-state index in [0.29, 0.717) is 13.1 Å². The van der Waals surface area contributed by atoms with E-state index in [-0.39, 0.29) is 29.9 Å². The van der Waals surface area contributed by atoms with Gasteiger partial charge < -0.3 is 10.6 Å². The van der Waals surface area contributed by atoms with Gasteiger partial charge >= 0.3 is 6.18 Å². The lowest BCUT2D eigenvalue weighted by atomic mass is 9.91. The van der Waals surface area contributed by atoms with Gasteiger partial charge in [0.2, 0.25) is 5.91 Å². The maximum Gasteiger partial charge on any atom is 0.416 e. The number of alkyl halides is 3. The predicted octanol–water partition coefficient (Wildman–Crippen LogP) is 2.83. The highest BCUT2D eigenvalue weighted by Gasteiger charge is 2.34. The molecular weight excluding hydrogens is 293 g/mol. The number of halogens is 3. The number of hydrogen-bond donors (Lipinski definition) is 1. The first-order chi connectivity index (χ1) is 10.3. The van der Waals surface area contributed by atoms with E-state index >= 15 is 0 Å². The fourth-order valence-electron chi connectivity index (χ4n) is 2.89. The van der Waals surface area contributed by atoms with Gasteiger partial charge in [0.05, 0.1) is 12.0 Å². The molecule has 22 heavy (non-hydrogen) atoms. The van der Waals surface area contributed by atoms with Gasteiger partial charge in [-0.1, -0.05) is 18.2 Å². The average Bonchev–Trinajstić information content (AvgIpc) is 2.46. The fourth-order valence-corrected chi connectivity index (χ4v) is 2.89. The standard InChI is InChI=1S/C16H21F3N2O/c1-11(20)13-6-4-8-21(10-13)15(22)9-12-5-2-3-7-14(12)16(17,18)19/h2-3,5,7,11,13H,4,6,8-10,20H2,1H3/t11-,13-/m1/s1. The highest BCUT2D eigenvalue weighted by molar-refractivity contribution is 5.79. The normalized spacial score (nSPS) is 20.8. The number of nitrogens with two attached hydrogens (primary N) is 1. The number of rotatable bonds is 3. The Kier molecular flexibility index (Phi) is 5.11. The molecule has 1 aliphatic rings. The smallest absolute Gasteiger partial charge is 0.342 e. The third kappa shape index (κ3) is 4.00. The van der Waals surface area contributed by atoms with Gasteiger partial charge in [-0.15, -0.1) is 0 Å². The van der Waals surface area contributed by atoms with Gasteiger partial charge in [0.15, 0.2) is 0 Å². The maximum absolute atomic E-state index is 13.0. The average molecular weight is 314 g/mol. The van der Waals surface area contributed by atoms with Crippen molar-refractivity contribution in [2.24, 2.45) is 11.7 Å². The summed E-state index contributed by atoms with van der Waals surface area (Å²) in [5.74, 6) is -0.0439. The molecule has 0 saturated carbocycles. The van der Waals surface area contributed by atoms with Crippen molar-refractivity contribution in [3.63, 3.8) is 0 Å². The molecule has 2 atom stereocenters. The Morgan fingerprint density at radius 2 is 2.09 bits per heavy atom. The van der Waals surface area contributed by atoms with Crippen LogP contribution in [0.3, 0.4) is 0 Å². The quantitative estimate of drug-likeness (QED) is 0.932. The molecule has 0 unspecified atom stereocenters. The van der Waals surface area contributed by atoms with Crippen LogP contribution in [0.25, 0.3) is 0 Å². The fraction of sp³-hybridized carbons (Fsp3) is 0.562. The molecule has 1 fully saturated rings. The second kappa shape index (κ2) is 6.69. The summed E-state index contributed by atoms with van der Waals surface area (Å²) in [5.41, 5.74) is 5.17. The van der Waals surface area contributed by atoms with E-state index in [1.54, 1.807) is 4.90 Å². The Morgan fingerprint density at radius 3 is 2.73 bits per heavy atom. The molecule has 0 spiro atoms. The van der Waals surface area contributed by atoms with Crippen molar-refractivity contribution in [1.82, 2.24) is 4.90 Å². The summed E-state index contributed by atoms with van der Waals surface area (Å²) in [6.07, 6.45) is -2.85. The molecule has 1 saturated heterocycles. The van der Waals surface area contributed by atoms with Crippen LogP contribution in [0.1, 0.15) is 30.9 Å². The van der Waals surface area contributed by atoms with Crippen molar-refractivity contribution >= 4 is 5.91 Å². The van der Waals surface area contributed by atoms with E-state index < -0.39 is 11.7 Å². The predicted molar refractivity (Wildman–Crippen MR) is 78.1 cm³/mol. The first-order valence-corrected chi connectivity index (χ1v) is 7.47. The molecule has 0 aromatic heterocycles. The van der Waals surface area contributed by atoms with Gasteiger partial charge in [-0.05, 0) is 37.3 Å². The number of piperidine rings is 1. The summed E-state index contributed by atoms with van der Waals surface area (Å²) >= 11 is 0. The lowest BCUT2D eigenvalue weighted by Gasteiger charge is -2.34. The van der Waals surface area contributed by atoms with Crippen LogP contribution in [-0.4, -0.2) is 29.9 Å². The van der Waals surface area contributed by atoms with E-state index in [1.165, 1.54) is 18.2 Å². The SMILES string of the molecule is C[C@@H](N)[C@@H]1CCCN(C(=O)Cc2ccccc2C(F)(F)F)C1. The van der Waals surface area contributed by atoms with Gasteiger partial charge in [-0.25, -0.2) is 0 Å². The second-order valence-electron chi connectivity index (χ2n) is 5.93. The van der Waals surface area contributed by atoms with Crippen molar-refractivity contribution in [1.29, 1.82) is 0 Å². The lowest BCUT2D eigenvalue weighted by Crippen LogP contribution is -2.45. The third-order valence-corrected chi connectivity index (χ3v) is 4.22. The van der Waals surface area contributed by atoms with E-state index in [2.05, 4.69) is 0 Å². The Labute approximate surface area is 128 Å². The highest BCUT2D eigenvalue weighted by atomic mass is 19.4. The third-order valence-electron chi connectivity index (χ3n) is 4.22. The van der Waals surface area contributed by atoms with E-state index in [0.717, 1.165) is 18.9 Å². The number of benzene rings is 1. The highest BCUT2D eigenvalue weighted by Crippen LogP contribution is 2.32. The lowest BCUT2D eigenvalue weighted by molar-refractivity contribution is -0.139. The molecule has 3 nitrogen and oxygen atoms in total. The number of amides is 1. The molecule has 1 aliphatic heterocycles. The summed E-state index contributed by atoms with van der Waals surface area (Å²) in [6.45, 7) is 3.03. The molecule has 1 aromatic carbocycles. The monoisotopic (exact) mass is 314 g/mol. The van der Waals surface area contributed by atoms with Crippen LogP contribution in [0.15, 0.2) is 24.3 Å². The molecule has 2 N–H and O–H groups in total. The number of carbonyl (C=O) groups is 1. The Morgan fingerprint density at radius 1 is 1.41 bits per heavy atom. The zero-order valence-electron chi connectivity index (χ0n) is 12.6. The first kappa shape index (κ1) is 16.8. The first-order valence-electron chi connectivity index (χ1n) is 7.47. The molecule has 0 aliphatic carbocycles. The summed E-state index contributed by atoms with van der Waals surface area (Å²) in [6, 6.07) is 5.23. The van der Waals surface area contributed by atoms with E-state index in [9.17, 15) is 18.0 Å². The molecule has 1 aromatic rings. The molecule has 122 valence electrons. The topological polar surface area (TPSA) is 46.3 Å². The van der Waals surface area contributed by atoms with Crippen LogP contribution in [0.2, 0.25) is 0 Å². The van der Waals surface area contributed by atoms with Crippen LogP contribution >= 0.6 is 0 Å². The summed E-state index contributed by atoms with van der Waals surface area (Å²) in [7, 11) is 0. The second-order valence-corrected chi connectivity index (χ2v) is 5.93. The molecule has 0 bridgehead atoms. The van der Waals surface area contributed by atoms with E-state index in [1.807, 2.05) is 6.92 Å². The molecule has 0 radical (unpaired) electrons. The van der Waals surface area contributed by atoms with Crippen molar-refractivity contribution in [2.45, 2.75) is 38.4 Å².